The van der Waals surface area contributed by atoms with E-state index in [1.165, 1.54) is 11.8 Å². The number of rotatable bonds is 8. The number of nitrogens with one attached hydrogen (secondary N) is 3. The molecule has 30 heavy (non-hydrogen) atoms. The van der Waals surface area contributed by atoms with Gasteiger partial charge in [-0.05, 0) is 36.9 Å². The van der Waals surface area contributed by atoms with Gasteiger partial charge in [0.25, 0.3) is 5.91 Å². The lowest BCUT2D eigenvalue weighted by molar-refractivity contribution is -0.120. The van der Waals surface area contributed by atoms with E-state index in [1.807, 2.05) is 12.1 Å². The van der Waals surface area contributed by atoms with Gasteiger partial charge >= 0.3 is 0 Å². The quantitative estimate of drug-likeness (QED) is 0.534. The van der Waals surface area contributed by atoms with Crippen LogP contribution in [0.5, 0.6) is 0 Å². The normalized spacial score (nSPS) is 10.9. The number of carbonyl (C=O) groups is 2. The topological polar surface area (TPSA) is 94.3 Å². The van der Waals surface area contributed by atoms with Gasteiger partial charge in [-0.3, -0.25) is 14.4 Å². The van der Waals surface area contributed by atoms with Crippen molar-refractivity contribution in [3.05, 3.63) is 81.6 Å². The molecule has 1 heterocycles. The van der Waals surface area contributed by atoms with Gasteiger partial charge in [0, 0.05) is 30.2 Å². The van der Waals surface area contributed by atoms with Crippen molar-refractivity contribution in [3.8, 4) is 0 Å². The molecule has 7 nitrogen and oxygen atoms in total. The third-order valence-corrected chi connectivity index (χ3v) is 4.92. The van der Waals surface area contributed by atoms with Crippen LogP contribution >= 0.6 is 0 Å². The average molecular weight is 406 g/mol. The fourth-order valence-electron chi connectivity index (χ4n) is 3.12. The Bertz CT molecular complexity index is 1110. The molecule has 0 saturated heterocycles. The van der Waals surface area contributed by atoms with E-state index >= 15 is 0 Å². The van der Waals surface area contributed by atoms with Gasteiger partial charge in [-0.25, -0.2) is 0 Å². The predicted octanol–water partition coefficient (Wildman–Crippen LogP) is 2.03. The Kier molecular flexibility index (Phi) is 6.98. The summed E-state index contributed by atoms with van der Waals surface area (Å²) >= 11 is 0. The van der Waals surface area contributed by atoms with E-state index in [4.69, 9.17) is 0 Å². The van der Waals surface area contributed by atoms with Crippen molar-refractivity contribution in [3.63, 3.8) is 0 Å². The van der Waals surface area contributed by atoms with E-state index in [-0.39, 0.29) is 23.4 Å². The minimum absolute atomic E-state index is 0.0192. The summed E-state index contributed by atoms with van der Waals surface area (Å²) in [6, 6.07) is 15.0. The summed E-state index contributed by atoms with van der Waals surface area (Å²) in [4.78, 5) is 42.1. The van der Waals surface area contributed by atoms with Gasteiger partial charge in [-0.1, -0.05) is 43.3 Å². The summed E-state index contributed by atoms with van der Waals surface area (Å²) in [5, 5.41) is 5.73. The van der Waals surface area contributed by atoms with Crippen LogP contribution in [0.1, 0.15) is 28.4 Å². The van der Waals surface area contributed by atoms with E-state index in [2.05, 4.69) is 46.6 Å². The number of carbonyl (C=O) groups excluding carboxylic acids is 2. The summed E-state index contributed by atoms with van der Waals surface area (Å²) in [6.45, 7) is 4.07. The van der Waals surface area contributed by atoms with Gasteiger partial charge in [0.2, 0.25) is 11.3 Å². The second-order valence-electron chi connectivity index (χ2n) is 7.19. The summed E-state index contributed by atoms with van der Waals surface area (Å²) in [5.41, 5.74) is 2.44. The molecule has 0 aliphatic carbocycles. The average Bonchev–Trinajstić information content (AvgIpc) is 2.76. The molecule has 156 valence electrons. The molecule has 0 atom stereocenters. The molecule has 2 amide bonds. The third kappa shape index (κ3) is 5.33. The fourth-order valence-corrected chi connectivity index (χ4v) is 3.12. The molecule has 3 rings (SSSR count). The Balaban J connectivity index is 1.54. The van der Waals surface area contributed by atoms with Crippen molar-refractivity contribution in [2.75, 3.05) is 20.1 Å². The van der Waals surface area contributed by atoms with Crippen LogP contribution in [0.15, 0.2) is 59.5 Å². The molecule has 0 aliphatic rings. The van der Waals surface area contributed by atoms with E-state index in [1.54, 1.807) is 24.3 Å². The molecular formula is C23H26N4O3. The third-order valence-electron chi connectivity index (χ3n) is 4.92. The van der Waals surface area contributed by atoms with Crippen LogP contribution in [0.25, 0.3) is 10.9 Å². The van der Waals surface area contributed by atoms with Crippen LogP contribution in [0, 0.1) is 0 Å². The molecule has 3 N–H and O–H groups in total. The van der Waals surface area contributed by atoms with Crippen molar-refractivity contribution >= 4 is 22.7 Å². The monoisotopic (exact) mass is 406 g/mol. The van der Waals surface area contributed by atoms with E-state index < -0.39 is 5.91 Å². The molecular weight excluding hydrogens is 380 g/mol. The van der Waals surface area contributed by atoms with Crippen LogP contribution in [0.4, 0.5) is 0 Å². The van der Waals surface area contributed by atoms with E-state index in [0.29, 0.717) is 17.4 Å². The number of nitrogens with zero attached hydrogens (tertiary/aromatic N) is 1. The van der Waals surface area contributed by atoms with Gasteiger partial charge in [0.05, 0.1) is 6.54 Å². The SMILES string of the molecule is CCN(C)Cc1cccc(CNC(=O)CNC(=O)c2c[nH]c3ccccc3c2=O)c1. The maximum atomic E-state index is 12.5. The maximum Gasteiger partial charge on any atom is 0.257 e. The van der Waals surface area contributed by atoms with E-state index in [9.17, 15) is 14.4 Å². The summed E-state index contributed by atoms with van der Waals surface area (Å²) in [5.74, 6) is -0.904. The van der Waals surface area contributed by atoms with Crippen molar-refractivity contribution in [2.24, 2.45) is 0 Å². The summed E-state index contributed by atoms with van der Waals surface area (Å²) in [6.07, 6.45) is 1.37. The number of para-hydroxylation sites is 1. The molecule has 0 fully saturated rings. The molecule has 0 radical (unpaired) electrons. The Labute approximate surface area is 175 Å². The molecule has 0 bridgehead atoms. The lowest BCUT2D eigenvalue weighted by atomic mass is 10.1. The zero-order chi connectivity index (χ0) is 21.5. The zero-order valence-electron chi connectivity index (χ0n) is 17.2. The highest BCUT2D eigenvalue weighted by Gasteiger charge is 2.13. The first-order valence-corrected chi connectivity index (χ1v) is 9.89. The standard InChI is InChI=1S/C23H26N4O3/c1-3-27(2)15-17-8-6-7-16(11-17)12-25-21(28)14-26-23(30)19-13-24-20-10-5-4-9-18(20)22(19)29/h4-11,13H,3,12,14-15H2,1-2H3,(H,24,29)(H,25,28)(H,26,30). The molecule has 0 saturated carbocycles. The highest BCUT2D eigenvalue weighted by Crippen LogP contribution is 2.08. The van der Waals surface area contributed by atoms with Crippen LogP contribution < -0.4 is 16.1 Å². The maximum absolute atomic E-state index is 12.5. The van der Waals surface area contributed by atoms with Crippen LogP contribution in [0.3, 0.4) is 0 Å². The molecule has 0 aliphatic heterocycles. The number of hydrogen-bond donors (Lipinski definition) is 3. The largest absolute Gasteiger partial charge is 0.360 e. The second kappa shape index (κ2) is 9.84. The van der Waals surface area contributed by atoms with Gasteiger partial charge in [-0.2, -0.15) is 0 Å². The highest BCUT2D eigenvalue weighted by atomic mass is 16.2. The number of H-pyrrole nitrogens is 1. The predicted molar refractivity (Wildman–Crippen MR) is 117 cm³/mol. The van der Waals surface area contributed by atoms with Crippen molar-refractivity contribution in [1.82, 2.24) is 20.5 Å². The van der Waals surface area contributed by atoms with Gasteiger partial charge in [0.1, 0.15) is 5.56 Å². The first kappa shape index (κ1) is 21.3. The summed E-state index contributed by atoms with van der Waals surface area (Å²) < 4.78 is 0. The molecule has 0 spiro atoms. The first-order valence-electron chi connectivity index (χ1n) is 9.89. The zero-order valence-corrected chi connectivity index (χ0v) is 17.2. The Morgan fingerprint density at radius 3 is 2.60 bits per heavy atom. The summed E-state index contributed by atoms with van der Waals surface area (Å²) in [7, 11) is 2.05. The number of amides is 2. The fraction of sp³-hybridized carbons (Fsp3) is 0.261. The Hall–Kier alpha value is -3.45. The lowest BCUT2D eigenvalue weighted by Crippen LogP contribution is -2.38. The number of aromatic amines is 1. The number of pyridine rings is 1. The minimum Gasteiger partial charge on any atom is -0.360 e. The minimum atomic E-state index is -0.582. The Morgan fingerprint density at radius 1 is 1.03 bits per heavy atom. The molecule has 2 aromatic carbocycles. The van der Waals surface area contributed by atoms with Gasteiger partial charge < -0.3 is 20.5 Å². The molecule has 1 aromatic heterocycles. The molecule has 3 aromatic rings. The number of aromatic nitrogens is 1. The van der Waals surface area contributed by atoms with E-state index in [0.717, 1.165) is 18.7 Å². The smallest absolute Gasteiger partial charge is 0.257 e. The van der Waals surface area contributed by atoms with Gasteiger partial charge in [0.15, 0.2) is 0 Å². The second-order valence-corrected chi connectivity index (χ2v) is 7.19. The highest BCUT2D eigenvalue weighted by molar-refractivity contribution is 5.98. The van der Waals surface area contributed by atoms with Gasteiger partial charge in [-0.15, -0.1) is 0 Å². The molecule has 0 unspecified atom stereocenters. The van der Waals surface area contributed by atoms with Crippen molar-refractivity contribution < 1.29 is 9.59 Å². The van der Waals surface area contributed by atoms with Crippen LogP contribution in [0.2, 0.25) is 0 Å². The van der Waals surface area contributed by atoms with Crippen LogP contribution in [-0.4, -0.2) is 41.8 Å². The number of hydrogen-bond acceptors (Lipinski definition) is 4. The van der Waals surface area contributed by atoms with Crippen molar-refractivity contribution in [1.29, 1.82) is 0 Å². The number of benzene rings is 2. The first-order chi connectivity index (χ1) is 14.5. The lowest BCUT2D eigenvalue weighted by Gasteiger charge is -2.14. The molecule has 7 heteroatoms. The number of fused-ring (bicyclic) bond motifs is 1. The Morgan fingerprint density at radius 2 is 1.80 bits per heavy atom. The van der Waals surface area contributed by atoms with Crippen molar-refractivity contribution in [2.45, 2.75) is 20.0 Å². The van der Waals surface area contributed by atoms with Crippen LogP contribution in [-0.2, 0) is 17.9 Å².